The minimum atomic E-state index is -0.197. The van der Waals surface area contributed by atoms with Gasteiger partial charge in [-0.1, -0.05) is 178 Å². The maximum atomic E-state index is 6.86. The fourth-order valence-corrected chi connectivity index (χ4v) is 13.3. The van der Waals surface area contributed by atoms with Crippen molar-refractivity contribution >= 4 is 54.8 Å². The van der Waals surface area contributed by atoms with Crippen molar-refractivity contribution in [1.82, 2.24) is 14.1 Å². The fraction of sp³-hybridized carbons (Fsp3) is 0.211. The first-order valence-electron chi connectivity index (χ1n) is 28.9. The van der Waals surface area contributed by atoms with Crippen molar-refractivity contribution in [3.63, 3.8) is 0 Å². The van der Waals surface area contributed by atoms with Crippen molar-refractivity contribution in [2.45, 2.75) is 104 Å². The number of para-hydroxylation sites is 3. The molecule has 0 saturated heterocycles. The van der Waals surface area contributed by atoms with E-state index >= 15 is 0 Å². The van der Waals surface area contributed by atoms with Gasteiger partial charge in [0.05, 0.1) is 16.7 Å². The molecule has 7 heteroatoms. The molecule has 0 radical (unpaired) electrons. The van der Waals surface area contributed by atoms with Crippen molar-refractivity contribution in [2.24, 2.45) is 0 Å². The van der Waals surface area contributed by atoms with E-state index in [1.165, 1.54) is 44.5 Å². The van der Waals surface area contributed by atoms with Crippen LogP contribution in [0, 0.1) is 18.5 Å². The summed E-state index contributed by atoms with van der Waals surface area (Å²) in [5.74, 6) is 1.99. The Labute approximate surface area is 500 Å². The van der Waals surface area contributed by atoms with Gasteiger partial charge in [0, 0.05) is 55.1 Å². The Hall–Kier alpha value is -8.31. The average molecular weight is 1260 g/mol. The Bertz CT molecular complexity index is 4820. The molecule has 4 aromatic heterocycles. The zero-order valence-electron chi connectivity index (χ0n) is 48.7. The number of benzene rings is 9. The summed E-state index contributed by atoms with van der Waals surface area (Å²) in [6, 6.07) is 71.5. The zero-order chi connectivity index (χ0) is 56.2. The Morgan fingerprint density at radius 2 is 1.14 bits per heavy atom. The SMILES string of the molecule is CC(C)(C)c1ccnc(-n2c3[c-]c(Oc4[c-]c(-n5[c-][n+]6c7c(cccc75)-c5ccccc5-c5cc7c(cc5-c5cc(C(C)(C)C)cc(-c8ccc9oc%10ccccc%10c9c8)c5-6)C(C)(C)CCC7(C)C)ccc4)ccc3c3ccccc32)c1.[Pt]. The molecule has 2 aliphatic rings. The molecule has 0 atom stereocenters. The summed E-state index contributed by atoms with van der Waals surface area (Å²) < 4.78 is 20.1. The third-order valence-corrected chi connectivity index (χ3v) is 18.0. The number of furan rings is 1. The first-order chi connectivity index (χ1) is 39.4. The predicted octanol–water partition coefficient (Wildman–Crippen LogP) is 19.4. The molecule has 5 heterocycles. The van der Waals surface area contributed by atoms with E-state index in [0.717, 1.165) is 107 Å². The Morgan fingerprint density at radius 3 is 1.90 bits per heavy atom. The maximum Gasteiger partial charge on any atom is 0.268 e. The van der Waals surface area contributed by atoms with Gasteiger partial charge in [-0.15, -0.1) is 29.7 Å². The second kappa shape index (κ2) is 18.9. The number of fused-ring (bicyclic) bond motifs is 14. The van der Waals surface area contributed by atoms with E-state index in [9.17, 15) is 0 Å². The zero-order valence-corrected chi connectivity index (χ0v) is 50.9. The summed E-state index contributed by atoms with van der Waals surface area (Å²) in [6.07, 6.45) is 8.21. The van der Waals surface area contributed by atoms with E-state index in [0.29, 0.717) is 11.5 Å². The van der Waals surface area contributed by atoms with E-state index in [2.05, 4.69) is 253 Å². The summed E-state index contributed by atoms with van der Waals surface area (Å²) in [4.78, 5) is 4.92. The van der Waals surface area contributed by atoms with Crippen LogP contribution in [0.25, 0.3) is 116 Å². The summed E-state index contributed by atoms with van der Waals surface area (Å²) in [5, 5.41) is 4.40. The van der Waals surface area contributed by atoms with E-state index in [-0.39, 0.29) is 42.7 Å². The van der Waals surface area contributed by atoms with E-state index in [4.69, 9.17) is 14.1 Å². The summed E-state index contributed by atoms with van der Waals surface area (Å²) in [6.45, 7) is 23.5. The molecule has 9 aromatic carbocycles. The molecular weight excluding hydrogens is 1200 g/mol. The Morgan fingerprint density at radius 1 is 0.518 bits per heavy atom. The molecule has 412 valence electrons. The molecule has 0 bridgehead atoms. The molecule has 6 nitrogen and oxygen atoms in total. The fourth-order valence-electron chi connectivity index (χ4n) is 13.3. The van der Waals surface area contributed by atoms with Crippen LogP contribution in [-0.4, -0.2) is 14.1 Å². The molecule has 0 fully saturated rings. The summed E-state index contributed by atoms with van der Waals surface area (Å²) in [5.41, 5.74) is 22.0. The molecule has 0 saturated carbocycles. The van der Waals surface area contributed by atoms with Crippen LogP contribution in [0.3, 0.4) is 0 Å². The van der Waals surface area contributed by atoms with Gasteiger partial charge in [-0.3, -0.25) is 4.57 Å². The van der Waals surface area contributed by atoms with E-state index in [1.807, 2.05) is 30.5 Å². The Kier molecular flexibility index (Phi) is 12.0. The third-order valence-electron chi connectivity index (χ3n) is 18.0. The van der Waals surface area contributed by atoms with Gasteiger partial charge in [0.1, 0.15) is 17.0 Å². The number of rotatable bonds is 5. The standard InChI is InChI=1S/C76H64N4O2.Pt/c1-73(2,3)47-33-36-77-70(40-47)80-65-26-15-13-23-54(65)55-31-30-51(42-67(55)80)81-50-20-17-19-49(41-50)78-45-79-71-58(46-29-32-69-61(37-46)56-24-14-16-28-68(56)82-69)38-48(74(4,5)6)39-62(71)60-44-64-63(75(7,8)34-35-76(64,9)10)43-59(60)53-22-12-11-21-52(53)57-25-18-27-66(78)72(57)79;/h11-33,36-40,43-44H,34-35H2,1-10H3;/q-2;. The first-order valence-corrected chi connectivity index (χ1v) is 28.9. The van der Waals surface area contributed by atoms with Gasteiger partial charge >= 0.3 is 0 Å². The van der Waals surface area contributed by atoms with Gasteiger partial charge in [0.2, 0.25) is 0 Å². The van der Waals surface area contributed by atoms with Crippen molar-refractivity contribution in [3.8, 4) is 73.2 Å². The third kappa shape index (κ3) is 8.45. The van der Waals surface area contributed by atoms with Crippen LogP contribution in [0.15, 0.2) is 187 Å². The minimum Gasteiger partial charge on any atom is -0.510 e. The summed E-state index contributed by atoms with van der Waals surface area (Å²) >= 11 is 0. The normalized spacial score (nSPS) is 14.4. The van der Waals surface area contributed by atoms with Crippen molar-refractivity contribution in [1.29, 1.82) is 0 Å². The second-order valence-electron chi connectivity index (χ2n) is 26.3. The number of hydrogen-bond donors (Lipinski definition) is 0. The number of pyridine rings is 1. The van der Waals surface area contributed by atoms with E-state index < -0.39 is 0 Å². The van der Waals surface area contributed by atoms with Gasteiger partial charge in [0.15, 0.2) is 0 Å². The van der Waals surface area contributed by atoms with Crippen molar-refractivity contribution in [2.75, 3.05) is 0 Å². The quantitative estimate of drug-likeness (QED) is 0.127. The molecule has 13 aromatic rings. The monoisotopic (exact) mass is 1260 g/mol. The maximum absolute atomic E-state index is 6.86. The molecule has 83 heavy (non-hydrogen) atoms. The average Bonchev–Trinajstić information content (AvgIpc) is 4.17. The van der Waals surface area contributed by atoms with Crippen LogP contribution in [-0.2, 0) is 42.7 Å². The molecule has 1 aliphatic heterocycles. The number of ether oxygens (including phenoxy) is 1. The van der Waals surface area contributed by atoms with Crippen molar-refractivity contribution in [3.05, 3.63) is 223 Å². The molecular formula is C76H64N4O2Pt-2. The molecule has 0 N–H and O–H groups in total. The number of aromatic nitrogens is 4. The van der Waals surface area contributed by atoms with Crippen LogP contribution in [0.2, 0.25) is 0 Å². The van der Waals surface area contributed by atoms with Gasteiger partial charge in [0.25, 0.3) is 6.33 Å². The number of nitrogens with zero attached hydrogens (tertiary/aromatic N) is 4. The molecule has 0 spiro atoms. The smallest absolute Gasteiger partial charge is 0.268 e. The number of hydrogen-bond acceptors (Lipinski definition) is 3. The van der Waals surface area contributed by atoms with Gasteiger partial charge in [-0.05, 0) is 155 Å². The first kappa shape index (κ1) is 52.7. The second-order valence-corrected chi connectivity index (χ2v) is 26.3. The van der Waals surface area contributed by atoms with Crippen LogP contribution in [0.1, 0.15) is 104 Å². The molecule has 0 amide bonds. The molecule has 0 unspecified atom stereocenters. The van der Waals surface area contributed by atoms with Crippen LogP contribution < -0.4 is 9.30 Å². The molecule has 15 rings (SSSR count). The van der Waals surface area contributed by atoms with Crippen LogP contribution in [0.5, 0.6) is 11.5 Å². The predicted molar refractivity (Wildman–Crippen MR) is 335 cm³/mol. The van der Waals surface area contributed by atoms with Gasteiger partial charge in [-0.2, -0.15) is 18.2 Å². The largest absolute Gasteiger partial charge is 0.510 e. The van der Waals surface area contributed by atoms with Crippen LogP contribution in [0.4, 0.5) is 0 Å². The molecule has 1 aliphatic carbocycles. The van der Waals surface area contributed by atoms with Crippen LogP contribution >= 0.6 is 0 Å². The summed E-state index contributed by atoms with van der Waals surface area (Å²) in [7, 11) is 0. The van der Waals surface area contributed by atoms with Gasteiger partial charge in [-0.25, -0.2) is 4.98 Å². The van der Waals surface area contributed by atoms with E-state index in [1.54, 1.807) is 0 Å². The van der Waals surface area contributed by atoms with Gasteiger partial charge < -0.3 is 18.3 Å². The number of imidazole rings is 1. The minimum absolute atomic E-state index is 0. The van der Waals surface area contributed by atoms with Crippen molar-refractivity contribution < 1.29 is 34.8 Å². The Balaban J connectivity index is 0.00000614. The topological polar surface area (TPSA) is 49.0 Å².